The van der Waals surface area contributed by atoms with E-state index in [0.717, 1.165) is 23.6 Å². The summed E-state index contributed by atoms with van der Waals surface area (Å²) in [5.41, 5.74) is 0.881. The topological polar surface area (TPSA) is 46.6 Å². The van der Waals surface area contributed by atoms with Gasteiger partial charge in [-0.05, 0) is 12.1 Å². The molecule has 1 fully saturated rings. The fraction of sp³-hybridized carbons (Fsp3) is 0.462. The van der Waals surface area contributed by atoms with Gasteiger partial charge < -0.3 is 9.64 Å². The molecule has 0 unspecified atom stereocenters. The number of sulfone groups is 1. The number of hydrogen-bond acceptors (Lipinski definition) is 4. The SMILES string of the molecule is CCS(=O)(=O)c1ccc(C(=S)N2CCOCC2)cc1. The van der Waals surface area contributed by atoms with Gasteiger partial charge in [-0.15, -0.1) is 0 Å². The van der Waals surface area contributed by atoms with Gasteiger partial charge in [-0.1, -0.05) is 31.3 Å². The summed E-state index contributed by atoms with van der Waals surface area (Å²) >= 11 is 5.43. The Kier molecular flexibility index (Phi) is 4.54. The standard InChI is InChI=1S/C13H17NO3S2/c1-2-19(15,16)12-5-3-11(4-6-12)13(18)14-7-9-17-10-8-14/h3-6H,2,7-10H2,1H3. The van der Waals surface area contributed by atoms with Crippen LogP contribution in [0.4, 0.5) is 0 Å². The molecule has 6 heteroatoms. The Hall–Kier alpha value is -0.980. The lowest BCUT2D eigenvalue weighted by Gasteiger charge is -2.29. The Bertz CT molecular complexity index is 546. The van der Waals surface area contributed by atoms with Gasteiger partial charge in [0.05, 0.1) is 23.9 Å². The second-order valence-electron chi connectivity index (χ2n) is 4.33. The lowest BCUT2D eigenvalue weighted by atomic mass is 10.2. The number of nitrogens with zero attached hydrogens (tertiary/aromatic N) is 1. The van der Waals surface area contributed by atoms with Crippen molar-refractivity contribution in [2.24, 2.45) is 0 Å². The third-order valence-electron chi connectivity index (χ3n) is 3.14. The van der Waals surface area contributed by atoms with Crippen LogP contribution in [0.15, 0.2) is 29.2 Å². The number of thiocarbonyl (C=S) groups is 1. The van der Waals surface area contributed by atoms with E-state index in [2.05, 4.69) is 4.90 Å². The summed E-state index contributed by atoms with van der Waals surface area (Å²) in [6.45, 7) is 4.58. The molecule has 104 valence electrons. The Morgan fingerprint density at radius 2 is 1.84 bits per heavy atom. The third-order valence-corrected chi connectivity index (χ3v) is 5.38. The molecule has 0 bridgehead atoms. The largest absolute Gasteiger partial charge is 0.378 e. The Balaban J connectivity index is 2.16. The number of ether oxygens (including phenoxy) is 1. The van der Waals surface area contributed by atoms with Crippen LogP contribution in [0.25, 0.3) is 0 Å². The number of hydrogen-bond donors (Lipinski definition) is 0. The highest BCUT2D eigenvalue weighted by Gasteiger charge is 2.16. The molecule has 0 aliphatic carbocycles. The van der Waals surface area contributed by atoms with Crippen molar-refractivity contribution in [1.82, 2.24) is 4.90 Å². The predicted molar refractivity (Wildman–Crippen MR) is 78.3 cm³/mol. The Morgan fingerprint density at radius 1 is 1.26 bits per heavy atom. The Labute approximate surface area is 119 Å². The lowest BCUT2D eigenvalue weighted by molar-refractivity contribution is 0.0693. The smallest absolute Gasteiger partial charge is 0.178 e. The molecule has 1 saturated heterocycles. The highest BCUT2D eigenvalue weighted by Crippen LogP contribution is 2.15. The van der Waals surface area contributed by atoms with E-state index in [4.69, 9.17) is 17.0 Å². The molecule has 1 aliphatic heterocycles. The van der Waals surface area contributed by atoms with Crippen LogP contribution in [-0.2, 0) is 14.6 Å². The van der Waals surface area contributed by atoms with Crippen LogP contribution >= 0.6 is 12.2 Å². The second-order valence-corrected chi connectivity index (χ2v) is 7.00. The van der Waals surface area contributed by atoms with Crippen molar-refractivity contribution in [1.29, 1.82) is 0 Å². The maximum Gasteiger partial charge on any atom is 0.178 e. The molecular formula is C13H17NO3S2. The molecule has 1 aromatic rings. The highest BCUT2D eigenvalue weighted by atomic mass is 32.2. The van der Waals surface area contributed by atoms with Gasteiger partial charge in [0.25, 0.3) is 0 Å². The zero-order valence-electron chi connectivity index (χ0n) is 10.8. The van der Waals surface area contributed by atoms with Crippen molar-refractivity contribution in [2.45, 2.75) is 11.8 Å². The number of rotatable bonds is 3. The van der Waals surface area contributed by atoms with E-state index in [1.54, 1.807) is 31.2 Å². The van der Waals surface area contributed by atoms with Crippen LogP contribution < -0.4 is 0 Å². The van der Waals surface area contributed by atoms with E-state index in [1.165, 1.54) is 0 Å². The molecule has 0 aromatic heterocycles. The van der Waals surface area contributed by atoms with Crippen LogP contribution in [0, 0.1) is 0 Å². The van der Waals surface area contributed by atoms with Crippen molar-refractivity contribution in [3.63, 3.8) is 0 Å². The number of benzene rings is 1. The zero-order chi connectivity index (χ0) is 13.9. The molecule has 2 rings (SSSR count). The maximum atomic E-state index is 11.7. The molecule has 0 radical (unpaired) electrons. The highest BCUT2D eigenvalue weighted by molar-refractivity contribution is 7.91. The molecule has 4 nitrogen and oxygen atoms in total. The Morgan fingerprint density at radius 3 is 2.37 bits per heavy atom. The molecule has 0 atom stereocenters. The van der Waals surface area contributed by atoms with Crippen molar-refractivity contribution in [2.75, 3.05) is 32.1 Å². The summed E-state index contributed by atoms with van der Waals surface area (Å²) in [7, 11) is -3.14. The van der Waals surface area contributed by atoms with Gasteiger partial charge in [-0.25, -0.2) is 8.42 Å². The van der Waals surface area contributed by atoms with Crippen molar-refractivity contribution in [3.8, 4) is 0 Å². The fourth-order valence-corrected chi connectivity index (χ4v) is 3.12. The van der Waals surface area contributed by atoms with Crippen LogP contribution in [0.5, 0.6) is 0 Å². The predicted octanol–water partition coefficient (Wildman–Crippen LogP) is 1.49. The summed E-state index contributed by atoms with van der Waals surface area (Å²) in [5, 5.41) is 0. The monoisotopic (exact) mass is 299 g/mol. The van der Waals surface area contributed by atoms with Crippen LogP contribution in [-0.4, -0.2) is 50.4 Å². The van der Waals surface area contributed by atoms with Gasteiger partial charge in [-0.2, -0.15) is 0 Å². The van der Waals surface area contributed by atoms with Crippen LogP contribution in [0.3, 0.4) is 0 Å². The van der Waals surface area contributed by atoms with E-state index in [1.807, 2.05) is 0 Å². The minimum absolute atomic E-state index is 0.111. The maximum absolute atomic E-state index is 11.7. The van der Waals surface area contributed by atoms with E-state index in [0.29, 0.717) is 18.1 Å². The normalized spacial score (nSPS) is 16.4. The minimum Gasteiger partial charge on any atom is -0.378 e. The molecule has 0 amide bonds. The first-order valence-corrected chi connectivity index (χ1v) is 8.30. The van der Waals surface area contributed by atoms with Crippen LogP contribution in [0.2, 0.25) is 0 Å². The van der Waals surface area contributed by atoms with E-state index in [9.17, 15) is 8.42 Å². The first-order chi connectivity index (χ1) is 9.04. The molecular weight excluding hydrogens is 282 g/mol. The van der Waals surface area contributed by atoms with E-state index >= 15 is 0 Å². The van der Waals surface area contributed by atoms with Gasteiger partial charge in [0.2, 0.25) is 0 Å². The summed E-state index contributed by atoms with van der Waals surface area (Å²) in [6.07, 6.45) is 0. The first-order valence-electron chi connectivity index (χ1n) is 6.24. The number of morpholine rings is 1. The summed E-state index contributed by atoms with van der Waals surface area (Å²) < 4.78 is 28.7. The first kappa shape index (κ1) is 14.4. The average molecular weight is 299 g/mol. The van der Waals surface area contributed by atoms with Gasteiger partial charge in [0.15, 0.2) is 9.84 Å². The summed E-state index contributed by atoms with van der Waals surface area (Å²) in [6, 6.07) is 6.81. The minimum atomic E-state index is -3.14. The fourth-order valence-electron chi connectivity index (χ4n) is 1.92. The quantitative estimate of drug-likeness (QED) is 0.791. The van der Waals surface area contributed by atoms with E-state index in [-0.39, 0.29) is 5.75 Å². The molecule has 1 aromatic carbocycles. The second kappa shape index (κ2) is 5.98. The van der Waals surface area contributed by atoms with Crippen molar-refractivity contribution in [3.05, 3.63) is 29.8 Å². The van der Waals surface area contributed by atoms with Gasteiger partial charge in [0, 0.05) is 18.7 Å². The molecule has 0 N–H and O–H groups in total. The van der Waals surface area contributed by atoms with Gasteiger partial charge >= 0.3 is 0 Å². The average Bonchev–Trinajstić information content (AvgIpc) is 2.47. The van der Waals surface area contributed by atoms with E-state index < -0.39 is 9.84 Å². The van der Waals surface area contributed by atoms with Crippen molar-refractivity contribution >= 4 is 27.0 Å². The third kappa shape index (κ3) is 3.32. The molecule has 0 saturated carbocycles. The summed E-state index contributed by atoms with van der Waals surface area (Å²) in [5.74, 6) is 0.111. The van der Waals surface area contributed by atoms with Gasteiger partial charge in [-0.3, -0.25) is 0 Å². The zero-order valence-corrected chi connectivity index (χ0v) is 12.5. The summed E-state index contributed by atoms with van der Waals surface area (Å²) in [4.78, 5) is 3.19. The van der Waals surface area contributed by atoms with Crippen LogP contribution in [0.1, 0.15) is 12.5 Å². The molecule has 19 heavy (non-hydrogen) atoms. The molecule has 1 heterocycles. The molecule has 1 aliphatic rings. The van der Waals surface area contributed by atoms with Crippen molar-refractivity contribution < 1.29 is 13.2 Å². The van der Waals surface area contributed by atoms with Gasteiger partial charge in [0.1, 0.15) is 4.99 Å². The molecule has 0 spiro atoms. The lowest BCUT2D eigenvalue weighted by Crippen LogP contribution is -2.40.